The van der Waals surface area contributed by atoms with E-state index in [0.717, 1.165) is 14.6 Å². The summed E-state index contributed by atoms with van der Waals surface area (Å²) in [6.45, 7) is 1.99. The maximum absolute atomic E-state index is 8.56. The zero-order valence-electron chi connectivity index (χ0n) is 8.31. The number of nitriles is 1. The summed E-state index contributed by atoms with van der Waals surface area (Å²) in [5, 5.41) is 11.3. The van der Waals surface area contributed by atoms with Gasteiger partial charge in [0.2, 0.25) is 0 Å². The van der Waals surface area contributed by atoms with Gasteiger partial charge in [0.1, 0.15) is 10.9 Å². The Morgan fingerprint density at radius 2 is 2.38 bits per heavy atom. The number of aromatic nitrogens is 1. The molecule has 0 bridgehead atoms. The van der Waals surface area contributed by atoms with E-state index in [1.54, 1.807) is 23.1 Å². The summed E-state index contributed by atoms with van der Waals surface area (Å²) >= 11 is 10.5. The van der Waals surface area contributed by atoms with Gasteiger partial charge >= 0.3 is 0 Å². The second-order valence-electron chi connectivity index (χ2n) is 2.96. The van der Waals surface area contributed by atoms with Gasteiger partial charge in [-0.2, -0.15) is 5.26 Å². The second-order valence-corrected chi connectivity index (χ2v) is 7.41. The van der Waals surface area contributed by atoms with Crippen molar-refractivity contribution in [1.82, 2.24) is 4.98 Å². The zero-order valence-corrected chi connectivity index (χ0v) is 11.5. The molecule has 1 aromatic heterocycles. The minimum absolute atomic E-state index is 0.185. The fraction of sp³-hybridized carbons (Fsp3) is 0.200. The van der Waals surface area contributed by atoms with E-state index in [2.05, 4.69) is 10.4 Å². The fourth-order valence-electron chi connectivity index (χ4n) is 1.19. The molecule has 0 saturated carbocycles. The average molecular weight is 287 g/mol. The van der Waals surface area contributed by atoms with Crippen molar-refractivity contribution in [3.63, 3.8) is 0 Å². The van der Waals surface area contributed by atoms with Crippen molar-refractivity contribution < 1.29 is 0 Å². The van der Waals surface area contributed by atoms with E-state index in [-0.39, 0.29) is 4.58 Å². The molecule has 0 amide bonds. The van der Waals surface area contributed by atoms with Crippen molar-refractivity contribution >= 4 is 56.7 Å². The highest BCUT2D eigenvalue weighted by molar-refractivity contribution is 8.19. The Balaban J connectivity index is 2.27. The first-order chi connectivity index (χ1) is 7.70. The van der Waals surface area contributed by atoms with E-state index < -0.39 is 0 Å². The molecular weight excluding hydrogens is 280 g/mol. The minimum atomic E-state index is 0.185. The molecular formula is C10H7ClN2S3. The summed E-state index contributed by atoms with van der Waals surface area (Å²) in [6, 6.07) is 5.77. The number of hydrogen-bond acceptors (Lipinski definition) is 5. The quantitative estimate of drug-likeness (QED) is 0.469. The van der Waals surface area contributed by atoms with Crippen LogP contribution in [0.5, 0.6) is 0 Å². The number of rotatable bonds is 3. The van der Waals surface area contributed by atoms with Gasteiger partial charge < -0.3 is 0 Å². The van der Waals surface area contributed by atoms with Gasteiger partial charge in [0.05, 0.1) is 14.3 Å². The zero-order chi connectivity index (χ0) is 11.5. The molecule has 1 heterocycles. The highest BCUT2D eigenvalue weighted by Crippen LogP contribution is 2.37. The molecule has 82 valence electrons. The standard InChI is InChI=1S/C10H7ClN2S3/c1-6(14-5-12)15-10-13-9-7(11)3-2-4-8(9)16-10/h2-4,6H,1H3. The molecule has 1 aromatic carbocycles. The van der Waals surface area contributed by atoms with E-state index in [4.69, 9.17) is 16.9 Å². The largest absolute Gasteiger partial charge is 0.228 e. The molecule has 0 aliphatic heterocycles. The van der Waals surface area contributed by atoms with E-state index in [9.17, 15) is 0 Å². The summed E-state index contributed by atoms with van der Waals surface area (Å²) in [6.07, 6.45) is 0. The summed E-state index contributed by atoms with van der Waals surface area (Å²) < 4.78 is 2.23. The normalized spacial score (nSPS) is 12.6. The van der Waals surface area contributed by atoms with Gasteiger partial charge in [-0.15, -0.1) is 11.3 Å². The van der Waals surface area contributed by atoms with Crippen LogP contribution in [0.4, 0.5) is 0 Å². The molecule has 2 aromatic rings. The van der Waals surface area contributed by atoms with Crippen molar-refractivity contribution in [3.05, 3.63) is 23.2 Å². The number of nitrogens with zero attached hydrogens (tertiary/aromatic N) is 2. The molecule has 0 radical (unpaired) electrons. The number of benzene rings is 1. The van der Waals surface area contributed by atoms with Crippen molar-refractivity contribution in [2.75, 3.05) is 0 Å². The third-order valence-electron chi connectivity index (χ3n) is 1.84. The SMILES string of the molecule is CC(SC#N)Sc1nc2c(Cl)cccc2s1. The number of thiocyanates is 1. The van der Waals surface area contributed by atoms with Gasteiger partial charge in [0.15, 0.2) is 4.34 Å². The number of halogens is 1. The highest BCUT2D eigenvalue weighted by Gasteiger charge is 2.11. The molecule has 6 heteroatoms. The Labute approximate surface area is 111 Å². The molecule has 0 aliphatic rings. The van der Waals surface area contributed by atoms with Crippen LogP contribution in [0.2, 0.25) is 5.02 Å². The molecule has 0 aliphatic carbocycles. The lowest BCUT2D eigenvalue weighted by Gasteiger charge is -2.00. The molecule has 1 atom stereocenters. The Morgan fingerprint density at radius 3 is 3.06 bits per heavy atom. The minimum Gasteiger partial charge on any atom is -0.228 e. The average Bonchev–Trinajstić information content (AvgIpc) is 2.62. The van der Waals surface area contributed by atoms with Gasteiger partial charge in [-0.1, -0.05) is 29.4 Å². The number of hydrogen-bond donors (Lipinski definition) is 0. The van der Waals surface area contributed by atoms with Crippen LogP contribution in [0.15, 0.2) is 22.5 Å². The number of fused-ring (bicyclic) bond motifs is 1. The topological polar surface area (TPSA) is 36.7 Å². The Morgan fingerprint density at radius 1 is 1.56 bits per heavy atom. The summed E-state index contributed by atoms with van der Waals surface area (Å²) in [4.78, 5) is 4.46. The summed E-state index contributed by atoms with van der Waals surface area (Å²) in [5.74, 6) is 0. The van der Waals surface area contributed by atoms with Crippen molar-refractivity contribution in [2.24, 2.45) is 0 Å². The van der Waals surface area contributed by atoms with Gasteiger partial charge in [-0.25, -0.2) is 4.98 Å². The Kier molecular flexibility index (Phi) is 3.98. The van der Waals surface area contributed by atoms with E-state index in [0.29, 0.717) is 5.02 Å². The predicted octanol–water partition coefficient (Wildman–Crippen LogP) is 4.60. The first-order valence-corrected chi connectivity index (χ1v) is 7.42. The van der Waals surface area contributed by atoms with Gasteiger partial charge in [0, 0.05) is 0 Å². The van der Waals surface area contributed by atoms with Crippen LogP contribution >= 0.6 is 46.5 Å². The molecule has 2 rings (SSSR count). The smallest absolute Gasteiger partial charge is 0.152 e. The lowest BCUT2D eigenvalue weighted by molar-refractivity contribution is 1.29. The van der Waals surface area contributed by atoms with Crippen LogP contribution in [-0.4, -0.2) is 9.57 Å². The van der Waals surface area contributed by atoms with Crippen LogP contribution in [0.1, 0.15) is 6.92 Å². The van der Waals surface area contributed by atoms with Crippen LogP contribution in [0, 0.1) is 10.7 Å². The predicted molar refractivity (Wildman–Crippen MR) is 73.2 cm³/mol. The van der Waals surface area contributed by atoms with Crippen LogP contribution in [0.3, 0.4) is 0 Å². The van der Waals surface area contributed by atoms with Gasteiger partial charge in [-0.3, -0.25) is 0 Å². The summed E-state index contributed by atoms with van der Waals surface area (Å²) in [5.41, 5.74) is 0.853. The lowest BCUT2D eigenvalue weighted by Crippen LogP contribution is -1.85. The number of thiazole rings is 1. The number of thioether (sulfide) groups is 2. The van der Waals surface area contributed by atoms with E-state index >= 15 is 0 Å². The van der Waals surface area contributed by atoms with Gasteiger partial charge in [-0.05, 0) is 30.8 Å². The lowest BCUT2D eigenvalue weighted by atomic mass is 10.3. The van der Waals surface area contributed by atoms with Gasteiger partial charge in [0.25, 0.3) is 0 Å². The van der Waals surface area contributed by atoms with Crippen LogP contribution < -0.4 is 0 Å². The molecule has 0 spiro atoms. The molecule has 1 unspecified atom stereocenters. The molecule has 0 fully saturated rings. The monoisotopic (exact) mass is 286 g/mol. The van der Waals surface area contributed by atoms with E-state index in [1.807, 2.05) is 25.1 Å². The van der Waals surface area contributed by atoms with E-state index in [1.165, 1.54) is 11.8 Å². The fourth-order valence-corrected chi connectivity index (χ4v) is 4.43. The van der Waals surface area contributed by atoms with Crippen molar-refractivity contribution in [1.29, 1.82) is 5.26 Å². The third kappa shape index (κ3) is 2.64. The molecule has 2 nitrogen and oxygen atoms in total. The Bertz CT molecular complexity index is 546. The first kappa shape index (κ1) is 12.1. The van der Waals surface area contributed by atoms with Crippen molar-refractivity contribution in [3.8, 4) is 5.40 Å². The summed E-state index contributed by atoms with van der Waals surface area (Å²) in [7, 11) is 0. The number of para-hydroxylation sites is 1. The van der Waals surface area contributed by atoms with Crippen LogP contribution in [-0.2, 0) is 0 Å². The maximum atomic E-state index is 8.56. The Hall–Kier alpha value is -0.410. The maximum Gasteiger partial charge on any atom is 0.152 e. The molecule has 16 heavy (non-hydrogen) atoms. The second kappa shape index (κ2) is 5.28. The molecule has 0 N–H and O–H groups in total. The third-order valence-corrected chi connectivity index (χ3v) is 5.13. The highest BCUT2D eigenvalue weighted by atomic mass is 35.5. The van der Waals surface area contributed by atoms with Crippen LogP contribution in [0.25, 0.3) is 10.2 Å². The first-order valence-electron chi connectivity index (χ1n) is 4.47. The van der Waals surface area contributed by atoms with Crippen molar-refractivity contribution in [2.45, 2.75) is 15.8 Å². The molecule has 0 saturated heterocycles.